The van der Waals surface area contributed by atoms with Crippen molar-refractivity contribution in [3.8, 4) is 0 Å². The fourth-order valence-electron chi connectivity index (χ4n) is 4.19. The van der Waals surface area contributed by atoms with Crippen molar-refractivity contribution in [3.63, 3.8) is 0 Å². The molecule has 0 heterocycles. The molecule has 0 nitrogen and oxygen atoms in total. The Morgan fingerprint density at radius 2 is 1.06 bits per heavy atom. The first-order valence-corrected chi connectivity index (χ1v) is 9.51. The van der Waals surface area contributed by atoms with Gasteiger partial charge in [-0.2, -0.15) is 0 Å². The molecule has 0 bridgehead atoms. The van der Waals surface area contributed by atoms with Crippen molar-refractivity contribution >= 4 is 3.21 Å². The van der Waals surface area contributed by atoms with E-state index in [2.05, 4.69) is 13.8 Å². The van der Waals surface area contributed by atoms with Gasteiger partial charge in [-0.15, -0.1) is 0 Å². The van der Waals surface area contributed by atoms with Gasteiger partial charge in [0.15, 0.2) is 0 Å². The molecule has 0 aromatic carbocycles. The second kappa shape index (κ2) is 7.51. The van der Waals surface area contributed by atoms with Gasteiger partial charge in [0, 0.05) is 0 Å². The van der Waals surface area contributed by atoms with Gasteiger partial charge in [-0.05, 0) is 0 Å². The third-order valence-corrected chi connectivity index (χ3v) is 7.93. The summed E-state index contributed by atoms with van der Waals surface area (Å²) in [6.07, 6.45) is 15.0. The average Bonchev–Trinajstić information content (AvgIpc) is 2.47. The van der Waals surface area contributed by atoms with Crippen molar-refractivity contribution in [2.45, 2.75) is 78.1 Å². The summed E-state index contributed by atoms with van der Waals surface area (Å²) in [7, 11) is 0. The molecule has 18 heavy (non-hydrogen) atoms. The van der Waals surface area contributed by atoms with Gasteiger partial charge in [0.2, 0.25) is 0 Å². The van der Waals surface area contributed by atoms with Crippen LogP contribution >= 0.6 is 0 Å². The normalized spacial score (nSPS) is 26.9. The van der Waals surface area contributed by atoms with E-state index < -0.39 is 0 Å². The first kappa shape index (κ1) is 15.1. The van der Waals surface area contributed by atoms with Gasteiger partial charge in [-0.25, -0.2) is 0 Å². The third kappa shape index (κ3) is 3.88. The van der Waals surface area contributed by atoms with Crippen molar-refractivity contribution in [3.05, 3.63) is 0 Å². The Kier molecular flexibility index (Phi) is 6.32. The van der Waals surface area contributed by atoms with Gasteiger partial charge < -0.3 is 0 Å². The van der Waals surface area contributed by atoms with Crippen molar-refractivity contribution in [2.75, 3.05) is 0 Å². The first-order valence-electron chi connectivity index (χ1n) is 8.28. The summed E-state index contributed by atoms with van der Waals surface area (Å²) in [6.45, 7) is 5.08. The standard InChI is InChI=1S/C17H30.Zr/c1-14(16-9-5-3-6-10-16)13-15(2)17-11-7-4-8-12-17;/h14-17H,3-12H2,1-2H3;/q;+2. The molecule has 2 unspecified atom stereocenters. The van der Waals surface area contributed by atoms with E-state index in [0.29, 0.717) is 0 Å². The van der Waals surface area contributed by atoms with Crippen molar-refractivity contribution in [1.82, 2.24) is 0 Å². The molecule has 100 valence electrons. The Bertz CT molecular complexity index is 233. The van der Waals surface area contributed by atoms with Gasteiger partial charge in [0.1, 0.15) is 0 Å². The molecule has 0 radical (unpaired) electrons. The second-order valence-corrected chi connectivity index (χ2v) is 8.25. The molecule has 2 aliphatic rings. The molecule has 2 saturated carbocycles. The molecule has 0 N–H and O–H groups in total. The average molecular weight is 326 g/mol. The van der Waals surface area contributed by atoms with E-state index in [4.69, 9.17) is 0 Å². The predicted molar refractivity (Wildman–Crippen MR) is 76.5 cm³/mol. The number of rotatable bonds is 4. The fraction of sp³-hybridized carbons (Fsp3) is 0.941. The molecule has 2 atom stereocenters. The van der Waals surface area contributed by atoms with E-state index in [1.165, 1.54) is 64.2 Å². The summed E-state index contributed by atoms with van der Waals surface area (Å²) in [5.41, 5.74) is 0. The Hall–Kier alpha value is 0.753. The van der Waals surface area contributed by atoms with Crippen LogP contribution in [0.2, 0.25) is 0 Å². The summed E-state index contributed by atoms with van der Waals surface area (Å²) in [6, 6.07) is 0. The summed E-state index contributed by atoms with van der Waals surface area (Å²) in [4.78, 5) is 0. The summed E-state index contributed by atoms with van der Waals surface area (Å²) in [5, 5.41) is 0. The first-order chi connectivity index (χ1) is 8.70. The zero-order valence-electron chi connectivity index (χ0n) is 12.4. The minimum absolute atomic E-state index is 0.917. The number of hydrogen-bond acceptors (Lipinski definition) is 0. The summed E-state index contributed by atoms with van der Waals surface area (Å²) < 4.78 is 1.92. The van der Waals surface area contributed by atoms with E-state index in [0.717, 1.165) is 23.7 Å². The quantitative estimate of drug-likeness (QED) is 0.671. The minimum atomic E-state index is 0.917. The van der Waals surface area contributed by atoms with Crippen LogP contribution in [0.3, 0.4) is 0 Å². The maximum absolute atomic E-state index is 2.54. The molecular formula is C17H30Zr+2. The molecule has 2 fully saturated rings. The van der Waals surface area contributed by atoms with Crippen LogP contribution in [0, 0.1) is 23.7 Å². The van der Waals surface area contributed by atoms with Crippen LogP contribution in [0.5, 0.6) is 0 Å². The molecule has 0 aromatic heterocycles. The molecular weight excluding hydrogens is 295 g/mol. The zero-order valence-corrected chi connectivity index (χ0v) is 14.8. The van der Waals surface area contributed by atoms with Crippen molar-refractivity contribution < 1.29 is 24.2 Å². The molecule has 0 aromatic rings. The van der Waals surface area contributed by atoms with Gasteiger partial charge in [-0.3, -0.25) is 0 Å². The Balaban J connectivity index is 1.87. The topological polar surface area (TPSA) is 0 Å². The summed E-state index contributed by atoms with van der Waals surface area (Å²) >= 11 is 1.74. The van der Waals surface area contributed by atoms with E-state index in [1.54, 1.807) is 24.2 Å². The van der Waals surface area contributed by atoms with Crippen LogP contribution in [0.4, 0.5) is 0 Å². The third-order valence-electron chi connectivity index (χ3n) is 5.69. The Morgan fingerprint density at radius 3 is 1.39 bits per heavy atom. The second-order valence-electron chi connectivity index (χ2n) is 6.83. The molecule has 2 rings (SSSR count). The van der Waals surface area contributed by atoms with Crippen molar-refractivity contribution in [1.29, 1.82) is 0 Å². The Labute approximate surface area is 129 Å². The monoisotopic (exact) mass is 324 g/mol. The van der Waals surface area contributed by atoms with Gasteiger partial charge in [0.05, 0.1) is 0 Å². The fourth-order valence-corrected chi connectivity index (χ4v) is 5.35. The van der Waals surface area contributed by atoms with Crippen LogP contribution in [0.25, 0.3) is 0 Å². The van der Waals surface area contributed by atoms with Gasteiger partial charge >= 0.3 is 129 Å². The molecule has 0 spiro atoms. The van der Waals surface area contributed by atoms with Crippen LogP contribution in [0.15, 0.2) is 0 Å². The van der Waals surface area contributed by atoms with Crippen LogP contribution < -0.4 is 0 Å². The number of hydrogen-bond donors (Lipinski definition) is 0. The van der Waals surface area contributed by atoms with Gasteiger partial charge in [-0.1, -0.05) is 0 Å². The SMILES string of the molecule is CC([C](=[Zr+2])C(C)C1CCCCC1)C1CCCCC1. The van der Waals surface area contributed by atoms with Crippen molar-refractivity contribution in [2.24, 2.45) is 23.7 Å². The van der Waals surface area contributed by atoms with E-state index in [-0.39, 0.29) is 0 Å². The maximum atomic E-state index is 2.54. The van der Waals surface area contributed by atoms with E-state index in [1.807, 2.05) is 3.21 Å². The molecule has 1 heteroatoms. The Morgan fingerprint density at radius 1 is 0.722 bits per heavy atom. The molecule has 0 aliphatic heterocycles. The van der Waals surface area contributed by atoms with Crippen LogP contribution in [0.1, 0.15) is 78.1 Å². The predicted octanol–water partition coefficient (Wildman–Crippen LogP) is 5.14. The van der Waals surface area contributed by atoms with E-state index >= 15 is 0 Å². The van der Waals surface area contributed by atoms with E-state index in [9.17, 15) is 0 Å². The molecule has 2 aliphatic carbocycles. The molecule has 0 saturated heterocycles. The van der Waals surface area contributed by atoms with Gasteiger partial charge in [0.25, 0.3) is 0 Å². The molecule has 0 amide bonds. The van der Waals surface area contributed by atoms with Crippen LogP contribution in [-0.2, 0) is 24.2 Å². The van der Waals surface area contributed by atoms with Crippen LogP contribution in [-0.4, -0.2) is 3.21 Å². The zero-order chi connectivity index (χ0) is 13.0. The summed E-state index contributed by atoms with van der Waals surface area (Å²) in [5.74, 6) is 3.89.